The van der Waals surface area contributed by atoms with Crippen LogP contribution in [0.15, 0.2) is 24.3 Å². The van der Waals surface area contributed by atoms with E-state index in [1.807, 2.05) is 24.3 Å². The van der Waals surface area contributed by atoms with E-state index in [2.05, 4.69) is 5.32 Å². The first-order chi connectivity index (χ1) is 10.2. The van der Waals surface area contributed by atoms with Gasteiger partial charge in [0.25, 0.3) is 0 Å². The number of hydrogen-bond acceptors (Lipinski definition) is 3. The number of nitrogens with two attached hydrogens (primary N) is 1. The molecule has 114 valence electrons. The summed E-state index contributed by atoms with van der Waals surface area (Å²) >= 11 is 0. The molecule has 1 amide bonds. The van der Waals surface area contributed by atoms with E-state index in [4.69, 9.17) is 10.5 Å². The molecule has 1 aromatic rings. The van der Waals surface area contributed by atoms with Crippen LogP contribution in [0.4, 0.5) is 5.69 Å². The van der Waals surface area contributed by atoms with Crippen LogP contribution in [0.2, 0.25) is 0 Å². The lowest BCUT2D eigenvalue weighted by Gasteiger charge is -2.43. The Balaban J connectivity index is 1.68. The van der Waals surface area contributed by atoms with E-state index >= 15 is 0 Å². The highest BCUT2D eigenvalue weighted by molar-refractivity contribution is 5.94. The van der Waals surface area contributed by atoms with Crippen molar-refractivity contribution >= 4 is 11.6 Å². The third-order valence-electron chi connectivity index (χ3n) is 5.15. The van der Waals surface area contributed by atoms with Crippen molar-refractivity contribution in [2.24, 2.45) is 23.5 Å². The Kier molecular flexibility index (Phi) is 4.15. The molecule has 2 bridgehead atoms. The van der Waals surface area contributed by atoms with E-state index in [0.29, 0.717) is 23.6 Å². The maximum Gasteiger partial charge on any atom is 0.227 e. The number of amides is 1. The van der Waals surface area contributed by atoms with Gasteiger partial charge in [-0.3, -0.25) is 4.79 Å². The lowest BCUT2D eigenvalue weighted by atomic mass is 9.65. The fourth-order valence-electron chi connectivity index (χ4n) is 3.99. The fraction of sp³-hybridized carbons (Fsp3) is 0.588. The predicted molar refractivity (Wildman–Crippen MR) is 83.2 cm³/mol. The van der Waals surface area contributed by atoms with Gasteiger partial charge in [0.15, 0.2) is 0 Å². The Morgan fingerprint density at radius 3 is 2.57 bits per heavy atom. The molecular formula is C17H24N2O2. The zero-order valence-electron chi connectivity index (χ0n) is 12.5. The molecule has 4 heteroatoms. The number of nitrogens with one attached hydrogen (secondary N) is 1. The summed E-state index contributed by atoms with van der Waals surface area (Å²) in [5.41, 5.74) is 7.05. The summed E-state index contributed by atoms with van der Waals surface area (Å²) in [6.07, 6.45) is 5.48. The van der Waals surface area contributed by atoms with Crippen LogP contribution in [-0.4, -0.2) is 19.1 Å². The molecule has 2 aliphatic carbocycles. The summed E-state index contributed by atoms with van der Waals surface area (Å²) in [6.45, 7) is 0. The highest BCUT2D eigenvalue weighted by atomic mass is 16.5. The second kappa shape index (κ2) is 6.06. The largest absolute Gasteiger partial charge is 0.495 e. The van der Waals surface area contributed by atoms with Crippen LogP contribution >= 0.6 is 0 Å². The van der Waals surface area contributed by atoms with Crippen LogP contribution in [0.3, 0.4) is 0 Å². The number of benzene rings is 1. The van der Waals surface area contributed by atoms with E-state index in [-0.39, 0.29) is 11.8 Å². The van der Waals surface area contributed by atoms with Crippen LogP contribution in [0.1, 0.15) is 32.1 Å². The molecule has 4 nitrogen and oxygen atoms in total. The number of fused-ring (bicyclic) bond motifs is 2. The molecule has 0 aromatic heterocycles. The lowest BCUT2D eigenvalue weighted by Crippen LogP contribution is -2.48. The van der Waals surface area contributed by atoms with Crippen molar-refractivity contribution in [3.63, 3.8) is 0 Å². The molecule has 0 heterocycles. The van der Waals surface area contributed by atoms with E-state index in [1.54, 1.807) is 7.11 Å². The number of hydrogen-bond donors (Lipinski definition) is 2. The Morgan fingerprint density at radius 1 is 1.24 bits per heavy atom. The SMILES string of the molecule is COc1ccccc1NC(=O)C1CC2CCCC(C1)C2N. The third kappa shape index (κ3) is 2.91. The predicted octanol–water partition coefficient (Wildman–Crippen LogP) is 2.79. The quantitative estimate of drug-likeness (QED) is 0.899. The lowest BCUT2D eigenvalue weighted by molar-refractivity contribution is -0.122. The molecule has 1 aromatic carbocycles. The summed E-state index contributed by atoms with van der Waals surface area (Å²) < 4.78 is 5.29. The number of carbonyl (C=O) groups excluding carboxylic acids is 1. The first-order valence-electron chi connectivity index (χ1n) is 7.88. The minimum atomic E-state index is 0.0880. The van der Waals surface area contributed by atoms with Crippen LogP contribution in [0.25, 0.3) is 0 Å². The first kappa shape index (κ1) is 14.4. The molecule has 2 unspecified atom stereocenters. The third-order valence-corrected chi connectivity index (χ3v) is 5.15. The van der Waals surface area contributed by atoms with Crippen molar-refractivity contribution in [1.29, 1.82) is 0 Å². The summed E-state index contributed by atoms with van der Waals surface area (Å²) in [7, 11) is 1.62. The van der Waals surface area contributed by atoms with Gasteiger partial charge in [-0.2, -0.15) is 0 Å². The molecule has 2 aliphatic rings. The highest BCUT2D eigenvalue weighted by Gasteiger charge is 2.40. The van der Waals surface area contributed by atoms with E-state index in [1.165, 1.54) is 19.3 Å². The van der Waals surface area contributed by atoms with Crippen molar-refractivity contribution in [2.45, 2.75) is 38.1 Å². The number of rotatable bonds is 3. The van der Waals surface area contributed by atoms with Gasteiger partial charge in [0.05, 0.1) is 12.8 Å². The monoisotopic (exact) mass is 288 g/mol. The van der Waals surface area contributed by atoms with Gasteiger partial charge < -0.3 is 15.8 Å². The molecule has 2 saturated carbocycles. The maximum atomic E-state index is 12.6. The van der Waals surface area contributed by atoms with Crippen molar-refractivity contribution in [3.05, 3.63) is 24.3 Å². The molecular weight excluding hydrogens is 264 g/mol. The van der Waals surface area contributed by atoms with Gasteiger partial charge >= 0.3 is 0 Å². The van der Waals surface area contributed by atoms with Crippen LogP contribution in [0.5, 0.6) is 5.75 Å². The molecule has 0 radical (unpaired) electrons. The zero-order chi connectivity index (χ0) is 14.8. The van der Waals surface area contributed by atoms with Crippen LogP contribution in [-0.2, 0) is 4.79 Å². The Morgan fingerprint density at radius 2 is 1.90 bits per heavy atom. The van der Waals surface area contributed by atoms with Gasteiger partial charge in [0.1, 0.15) is 5.75 Å². The Bertz CT molecular complexity index is 503. The Labute approximate surface area is 126 Å². The summed E-state index contributed by atoms with van der Waals surface area (Å²) in [4.78, 5) is 12.6. The molecule has 0 aliphatic heterocycles. The molecule has 0 spiro atoms. The average molecular weight is 288 g/mol. The number of methoxy groups -OCH3 is 1. The standard InChI is InChI=1S/C17H24N2O2/c1-21-15-8-3-2-7-14(15)19-17(20)13-9-11-5-4-6-12(10-13)16(11)18/h2-3,7-8,11-13,16H,4-6,9-10,18H2,1H3,(H,19,20). The average Bonchev–Trinajstić information content (AvgIpc) is 2.47. The highest BCUT2D eigenvalue weighted by Crippen LogP contribution is 2.42. The minimum Gasteiger partial charge on any atom is -0.495 e. The first-order valence-corrected chi connectivity index (χ1v) is 7.88. The van der Waals surface area contributed by atoms with E-state index in [0.717, 1.165) is 18.5 Å². The van der Waals surface area contributed by atoms with Crippen molar-refractivity contribution in [2.75, 3.05) is 12.4 Å². The second-order valence-electron chi connectivity index (χ2n) is 6.39. The molecule has 3 rings (SSSR count). The second-order valence-corrected chi connectivity index (χ2v) is 6.39. The number of ether oxygens (including phenoxy) is 1. The van der Waals surface area contributed by atoms with Gasteiger partial charge in [-0.15, -0.1) is 0 Å². The van der Waals surface area contributed by atoms with Crippen LogP contribution in [0, 0.1) is 17.8 Å². The van der Waals surface area contributed by atoms with Gasteiger partial charge in [-0.05, 0) is 49.7 Å². The number of para-hydroxylation sites is 2. The maximum absolute atomic E-state index is 12.6. The summed E-state index contributed by atoms with van der Waals surface area (Å²) in [5, 5.41) is 3.03. The van der Waals surface area contributed by atoms with Crippen molar-refractivity contribution < 1.29 is 9.53 Å². The van der Waals surface area contributed by atoms with E-state index < -0.39 is 0 Å². The smallest absolute Gasteiger partial charge is 0.227 e. The van der Waals surface area contributed by atoms with Gasteiger partial charge in [0, 0.05) is 12.0 Å². The molecule has 2 fully saturated rings. The van der Waals surface area contributed by atoms with Crippen molar-refractivity contribution in [3.8, 4) is 5.75 Å². The minimum absolute atomic E-state index is 0.0880. The van der Waals surface area contributed by atoms with Crippen molar-refractivity contribution in [1.82, 2.24) is 0 Å². The van der Waals surface area contributed by atoms with Gasteiger partial charge in [0.2, 0.25) is 5.91 Å². The topological polar surface area (TPSA) is 64.3 Å². The number of anilines is 1. The number of carbonyl (C=O) groups is 1. The van der Waals surface area contributed by atoms with Gasteiger partial charge in [-0.1, -0.05) is 18.6 Å². The van der Waals surface area contributed by atoms with Gasteiger partial charge in [-0.25, -0.2) is 0 Å². The van der Waals surface area contributed by atoms with E-state index in [9.17, 15) is 4.79 Å². The normalized spacial score (nSPS) is 31.5. The van der Waals surface area contributed by atoms with Crippen LogP contribution < -0.4 is 15.8 Å². The summed E-state index contributed by atoms with van der Waals surface area (Å²) in [5.74, 6) is 1.95. The molecule has 0 saturated heterocycles. The Hall–Kier alpha value is -1.55. The molecule has 3 N–H and O–H groups in total. The zero-order valence-corrected chi connectivity index (χ0v) is 12.5. The summed E-state index contributed by atoms with van der Waals surface area (Å²) in [6, 6.07) is 7.85. The molecule has 2 atom stereocenters. The molecule has 21 heavy (non-hydrogen) atoms. The fourth-order valence-corrected chi connectivity index (χ4v) is 3.99.